The van der Waals surface area contributed by atoms with E-state index >= 15 is 0 Å². The van der Waals surface area contributed by atoms with Crippen molar-refractivity contribution in [3.63, 3.8) is 0 Å². The van der Waals surface area contributed by atoms with E-state index in [4.69, 9.17) is 23.2 Å². The zero-order valence-corrected chi connectivity index (χ0v) is 24.2. The fourth-order valence-electron chi connectivity index (χ4n) is 4.57. The topological polar surface area (TPSA) is 146 Å². The molecular weight excluding hydrogens is 595 g/mol. The lowest BCUT2D eigenvalue weighted by molar-refractivity contribution is -0.132. The molecule has 1 aliphatic heterocycles. The van der Waals surface area contributed by atoms with Gasteiger partial charge in [0, 0.05) is 60.8 Å². The summed E-state index contributed by atoms with van der Waals surface area (Å²) >= 11 is 11.9. The van der Waals surface area contributed by atoms with Crippen LogP contribution in [0.15, 0.2) is 77.9 Å². The SMILES string of the molecule is O=C(Nc1c(O)cc(Cl)cc1C(=O)Nc1ccc(Cl)cn1)c1ccc(-c2cccn(CCN3CCNCC3=O)c2=O)cc1. The summed E-state index contributed by atoms with van der Waals surface area (Å²) in [5, 5.41) is 19.2. The number of rotatable bonds is 8. The molecule has 0 aliphatic carbocycles. The van der Waals surface area contributed by atoms with E-state index in [0.29, 0.717) is 48.9 Å². The molecule has 2 aromatic heterocycles. The molecule has 0 atom stereocenters. The van der Waals surface area contributed by atoms with Gasteiger partial charge in [-0.3, -0.25) is 19.2 Å². The van der Waals surface area contributed by atoms with Crippen LogP contribution >= 0.6 is 23.2 Å². The minimum absolute atomic E-state index is 0.00236. The second-order valence-electron chi connectivity index (χ2n) is 9.67. The van der Waals surface area contributed by atoms with Gasteiger partial charge < -0.3 is 30.5 Å². The van der Waals surface area contributed by atoms with Gasteiger partial charge in [0.25, 0.3) is 17.4 Å². The number of phenols is 1. The fourth-order valence-corrected chi connectivity index (χ4v) is 4.89. The Balaban J connectivity index is 1.31. The summed E-state index contributed by atoms with van der Waals surface area (Å²) < 4.78 is 1.56. The Morgan fingerprint density at radius 3 is 2.47 bits per heavy atom. The number of hydrogen-bond donors (Lipinski definition) is 4. The van der Waals surface area contributed by atoms with Gasteiger partial charge >= 0.3 is 0 Å². The van der Waals surface area contributed by atoms with E-state index in [0.717, 1.165) is 0 Å². The van der Waals surface area contributed by atoms with E-state index in [9.17, 15) is 24.3 Å². The maximum absolute atomic E-state index is 13.2. The molecule has 5 rings (SSSR count). The van der Waals surface area contributed by atoms with Crippen LogP contribution < -0.4 is 21.5 Å². The van der Waals surface area contributed by atoms with Gasteiger partial charge in [0.2, 0.25) is 5.91 Å². The minimum atomic E-state index is -0.667. The first kappa shape index (κ1) is 29.8. The number of hydrogen-bond acceptors (Lipinski definition) is 7. The molecule has 1 fully saturated rings. The van der Waals surface area contributed by atoms with Gasteiger partial charge in [-0.25, -0.2) is 4.98 Å². The first-order chi connectivity index (χ1) is 20.7. The van der Waals surface area contributed by atoms with E-state index in [2.05, 4.69) is 20.9 Å². The lowest BCUT2D eigenvalue weighted by Crippen LogP contribution is -2.49. The molecule has 0 bridgehead atoms. The van der Waals surface area contributed by atoms with E-state index in [-0.39, 0.29) is 39.1 Å². The van der Waals surface area contributed by atoms with Crippen molar-refractivity contribution in [2.75, 3.05) is 36.8 Å². The number of pyridine rings is 2. The van der Waals surface area contributed by atoms with Gasteiger partial charge in [0.1, 0.15) is 11.6 Å². The van der Waals surface area contributed by atoms with E-state index in [1.165, 1.54) is 36.5 Å². The Morgan fingerprint density at radius 1 is 0.953 bits per heavy atom. The quantitative estimate of drug-likeness (QED) is 0.219. The van der Waals surface area contributed by atoms with E-state index < -0.39 is 17.6 Å². The lowest BCUT2D eigenvalue weighted by atomic mass is 10.0. The molecule has 3 heterocycles. The maximum atomic E-state index is 13.2. The summed E-state index contributed by atoms with van der Waals surface area (Å²) in [6.45, 7) is 2.38. The Morgan fingerprint density at radius 2 is 1.74 bits per heavy atom. The highest BCUT2D eigenvalue weighted by Gasteiger charge is 2.21. The van der Waals surface area contributed by atoms with E-state index in [1.807, 2.05) is 0 Å². The largest absolute Gasteiger partial charge is 0.506 e. The number of halogens is 2. The summed E-state index contributed by atoms with van der Waals surface area (Å²) in [5.74, 6) is -1.46. The van der Waals surface area contributed by atoms with Gasteiger partial charge in [-0.2, -0.15) is 0 Å². The first-order valence-electron chi connectivity index (χ1n) is 13.2. The van der Waals surface area contributed by atoms with Crippen LogP contribution in [0.3, 0.4) is 0 Å². The molecule has 1 saturated heterocycles. The molecule has 2 aromatic carbocycles. The van der Waals surface area contributed by atoms with Crippen LogP contribution in [-0.2, 0) is 11.3 Å². The van der Waals surface area contributed by atoms with Crippen LogP contribution in [0.4, 0.5) is 11.5 Å². The normalized spacial score (nSPS) is 13.1. The van der Waals surface area contributed by atoms with Crippen molar-refractivity contribution in [3.05, 3.63) is 105 Å². The zero-order chi connectivity index (χ0) is 30.5. The Bertz CT molecular complexity index is 1740. The maximum Gasteiger partial charge on any atom is 0.259 e. The average Bonchev–Trinajstić information content (AvgIpc) is 2.99. The molecule has 11 nitrogen and oxygen atoms in total. The highest BCUT2D eigenvalue weighted by atomic mass is 35.5. The molecule has 1 aliphatic rings. The number of carbonyl (C=O) groups is 3. The fraction of sp³-hybridized carbons (Fsp3) is 0.167. The van der Waals surface area contributed by atoms with Crippen LogP contribution in [0.5, 0.6) is 5.75 Å². The Kier molecular flexibility index (Phi) is 9.05. The van der Waals surface area contributed by atoms with Gasteiger partial charge in [-0.15, -0.1) is 0 Å². The molecule has 13 heteroatoms. The van der Waals surface area contributed by atoms with Crippen molar-refractivity contribution in [1.82, 2.24) is 19.8 Å². The predicted molar refractivity (Wildman–Crippen MR) is 164 cm³/mol. The summed E-state index contributed by atoms with van der Waals surface area (Å²) in [6, 6.07) is 15.3. The van der Waals surface area contributed by atoms with Gasteiger partial charge in [0.15, 0.2) is 0 Å². The van der Waals surface area contributed by atoms with Crippen molar-refractivity contribution in [2.45, 2.75) is 6.54 Å². The summed E-state index contributed by atoms with van der Waals surface area (Å²) in [7, 11) is 0. The second-order valence-corrected chi connectivity index (χ2v) is 10.5. The molecule has 0 radical (unpaired) electrons. The number of nitrogens with one attached hydrogen (secondary N) is 3. The highest BCUT2D eigenvalue weighted by Crippen LogP contribution is 2.32. The number of piperazine rings is 1. The molecule has 3 amide bonds. The van der Waals surface area contributed by atoms with Crippen LogP contribution in [0.25, 0.3) is 11.1 Å². The average molecular weight is 621 g/mol. The van der Waals surface area contributed by atoms with Crippen LogP contribution in [0.1, 0.15) is 20.7 Å². The minimum Gasteiger partial charge on any atom is -0.506 e. The molecule has 0 spiro atoms. The second kappa shape index (κ2) is 13.1. The third kappa shape index (κ3) is 7.03. The van der Waals surface area contributed by atoms with Crippen molar-refractivity contribution in [1.29, 1.82) is 0 Å². The molecule has 4 aromatic rings. The van der Waals surface area contributed by atoms with Gasteiger partial charge in [0.05, 0.1) is 22.8 Å². The third-order valence-electron chi connectivity index (χ3n) is 6.81. The molecule has 43 heavy (non-hydrogen) atoms. The molecule has 220 valence electrons. The Hall–Kier alpha value is -4.71. The first-order valence-corrected chi connectivity index (χ1v) is 14.0. The standard InChI is InChI=1S/C30H26Cl2N6O5/c31-20-7-8-25(34-16-20)35-29(42)23-14-21(32)15-24(39)27(23)36-28(41)19-5-3-18(4-6-19)22-2-1-10-38(30(22)43)13-12-37-11-9-33-17-26(37)40/h1-8,10,14-16,33,39H,9,11-13,17H2,(H,36,41)(H,34,35,42). The third-order valence-corrected chi connectivity index (χ3v) is 7.25. The molecule has 0 saturated carbocycles. The van der Waals surface area contributed by atoms with Crippen molar-refractivity contribution < 1.29 is 19.5 Å². The smallest absolute Gasteiger partial charge is 0.259 e. The van der Waals surface area contributed by atoms with Gasteiger partial charge in [-0.05, 0) is 48.0 Å². The molecule has 0 unspecified atom stereocenters. The summed E-state index contributed by atoms with van der Waals surface area (Å²) in [4.78, 5) is 57.1. The number of carbonyl (C=O) groups excluding carboxylic acids is 3. The monoisotopic (exact) mass is 620 g/mol. The van der Waals surface area contributed by atoms with Crippen molar-refractivity contribution >= 4 is 52.4 Å². The summed E-state index contributed by atoms with van der Waals surface area (Å²) in [5.41, 5.74) is 0.805. The zero-order valence-electron chi connectivity index (χ0n) is 22.6. The Labute approximate surface area is 256 Å². The summed E-state index contributed by atoms with van der Waals surface area (Å²) in [6.07, 6.45) is 3.04. The highest BCUT2D eigenvalue weighted by molar-refractivity contribution is 6.32. The molecular formula is C30H26Cl2N6O5. The number of anilines is 2. The number of phenolic OH excluding ortho intramolecular Hbond substituents is 1. The number of aromatic hydroxyl groups is 1. The number of aromatic nitrogens is 2. The van der Waals surface area contributed by atoms with Crippen LogP contribution in [-0.4, -0.2) is 63.5 Å². The predicted octanol–water partition coefficient (Wildman–Crippen LogP) is 3.86. The van der Waals surface area contributed by atoms with Crippen molar-refractivity contribution in [2.24, 2.45) is 0 Å². The van der Waals surface area contributed by atoms with Crippen LogP contribution in [0, 0.1) is 0 Å². The lowest BCUT2D eigenvalue weighted by Gasteiger charge is -2.27. The van der Waals surface area contributed by atoms with Gasteiger partial charge in [-0.1, -0.05) is 35.3 Å². The molecule has 4 N–H and O–H groups in total. The van der Waals surface area contributed by atoms with E-state index in [1.54, 1.807) is 46.0 Å². The van der Waals surface area contributed by atoms with Crippen LogP contribution in [0.2, 0.25) is 10.0 Å². The number of amides is 3. The van der Waals surface area contributed by atoms with Crippen molar-refractivity contribution in [3.8, 4) is 16.9 Å². The number of nitrogens with zero attached hydrogens (tertiary/aromatic N) is 3. The number of benzene rings is 2.